The first-order valence-corrected chi connectivity index (χ1v) is 10.3. The number of fused-ring (bicyclic) bond motifs is 1. The van der Waals surface area contributed by atoms with Gasteiger partial charge in [-0.3, -0.25) is 14.7 Å². The Morgan fingerprint density at radius 3 is 2.63 bits per heavy atom. The number of hydrogen-bond donors (Lipinski definition) is 0. The van der Waals surface area contributed by atoms with Crippen molar-refractivity contribution in [2.24, 2.45) is 0 Å². The minimum Gasteiger partial charge on any atom is -0.340 e. The topological polar surface area (TPSA) is 49.3 Å². The summed E-state index contributed by atoms with van der Waals surface area (Å²) in [4.78, 5) is 25.9. The van der Waals surface area contributed by atoms with E-state index in [-0.39, 0.29) is 5.91 Å². The van der Waals surface area contributed by atoms with Gasteiger partial charge in [0.1, 0.15) is 0 Å². The van der Waals surface area contributed by atoms with Gasteiger partial charge in [-0.2, -0.15) is 0 Å². The van der Waals surface area contributed by atoms with Crippen molar-refractivity contribution >= 4 is 27.5 Å². The van der Waals surface area contributed by atoms with Crippen LogP contribution >= 0.6 is 11.3 Å². The molecule has 0 spiro atoms. The summed E-state index contributed by atoms with van der Waals surface area (Å²) in [6.07, 6.45) is 4.19. The van der Waals surface area contributed by atoms with E-state index in [2.05, 4.69) is 27.0 Å². The highest BCUT2D eigenvalue weighted by atomic mass is 32.1. The van der Waals surface area contributed by atoms with Crippen LogP contribution in [0.25, 0.3) is 10.2 Å². The summed E-state index contributed by atoms with van der Waals surface area (Å²) in [5.74, 6) is 0.272. The van der Waals surface area contributed by atoms with Gasteiger partial charge in [-0.15, -0.1) is 11.3 Å². The molecule has 1 saturated heterocycles. The quantitative estimate of drug-likeness (QED) is 0.658. The third-order valence-corrected chi connectivity index (χ3v) is 6.05. The molecular weight excluding hydrogens is 356 g/mol. The molecule has 6 heteroatoms. The number of thiazole rings is 1. The standard InChI is InChI=1S/C21H24N4OS/c26-21(10-5-9-20-23-18-7-1-2-8-19(18)27-20)25-14-12-24(13-15-25)16-17-6-3-4-11-22-17/h1-4,6-8,11H,5,9-10,12-16H2. The van der Waals surface area contributed by atoms with E-state index in [0.29, 0.717) is 6.42 Å². The van der Waals surface area contributed by atoms with Crippen molar-refractivity contribution in [3.63, 3.8) is 0 Å². The summed E-state index contributed by atoms with van der Waals surface area (Å²) in [7, 11) is 0. The van der Waals surface area contributed by atoms with Crippen LogP contribution in [0.5, 0.6) is 0 Å². The zero-order valence-corrected chi connectivity index (χ0v) is 16.2. The van der Waals surface area contributed by atoms with Gasteiger partial charge in [0.2, 0.25) is 5.91 Å². The van der Waals surface area contributed by atoms with E-state index < -0.39 is 0 Å². The average molecular weight is 381 g/mol. The van der Waals surface area contributed by atoms with E-state index in [1.54, 1.807) is 11.3 Å². The number of carbonyl (C=O) groups excluding carboxylic acids is 1. The zero-order valence-electron chi connectivity index (χ0n) is 15.4. The van der Waals surface area contributed by atoms with Crippen molar-refractivity contribution < 1.29 is 4.79 Å². The number of piperazine rings is 1. The highest BCUT2D eigenvalue weighted by molar-refractivity contribution is 7.18. The van der Waals surface area contributed by atoms with Gasteiger partial charge in [-0.1, -0.05) is 18.2 Å². The molecule has 0 saturated carbocycles. The van der Waals surface area contributed by atoms with E-state index in [0.717, 1.165) is 61.8 Å². The number of para-hydroxylation sites is 1. The van der Waals surface area contributed by atoms with Gasteiger partial charge in [0.25, 0.3) is 0 Å². The summed E-state index contributed by atoms with van der Waals surface area (Å²) in [5, 5.41) is 1.13. The molecule has 1 aliphatic rings. The van der Waals surface area contributed by atoms with Crippen LogP contribution in [0.4, 0.5) is 0 Å². The largest absolute Gasteiger partial charge is 0.340 e. The monoisotopic (exact) mass is 380 g/mol. The Morgan fingerprint density at radius 2 is 1.85 bits per heavy atom. The van der Waals surface area contributed by atoms with Crippen molar-refractivity contribution in [1.82, 2.24) is 19.8 Å². The molecule has 0 aliphatic carbocycles. The van der Waals surface area contributed by atoms with Crippen LogP contribution in [-0.2, 0) is 17.8 Å². The SMILES string of the molecule is O=C(CCCc1nc2ccccc2s1)N1CCN(Cc2ccccn2)CC1. The van der Waals surface area contributed by atoms with Crippen LogP contribution < -0.4 is 0 Å². The number of nitrogens with zero attached hydrogens (tertiary/aromatic N) is 4. The van der Waals surface area contributed by atoms with Gasteiger partial charge in [-0.25, -0.2) is 4.98 Å². The van der Waals surface area contributed by atoms with E-state index in [1.807, 2.05) is 41.4 Å². The van der Waals surface area contributed by atoms with Gasteiger partial charge >= 0.3 is 0 Å². The highest BCUT2D eigenvalue weighted by Gasteiger charge is 2.21. The minimum atomic E-state index is 0.272. The molecule has 3 heterocycles. The second kappa shape index (κ2) is 8.59. The Balaban J connectivity index is 1.20. The maximum absolute atomic E-state index is 12.5. The van der Waals surface area contributed by atoms with E-state index in [9.17, 15) is 4.79 Å². The van der Waals surface area contributed by atoms with Crippen molar-refractivity contribution in [1.29, 1.82) is 0 Å². The fraction of sp³-hybridized carbons (Fsp3) is 0.381. The molecular formula is C21H24N4OS. The number of aromatic nitrogens is 2. The minimum absolute atomic E-state index is 0.272. The molecule has 1 amide bonds. The summed E-state index contributed by atoms with van der Waals surface area (Å²) in [6, 6.07) is 14.2. The number of pyridine rings is 1. The number of carbonyl (C=O) groups is 1. The van der Waals surface area contributed by atoms with Crippen LogP contribution in [0.3, 0.4) is 0 Å². The molecule has 0 radical (unpaired) electrons. The number of amides is 1. The lowest BCUT2D eigenvalue weighted by molar-refractivity contribution is -0.133. The van der Waals surface area contributed by atoms with Gasteiger partial charge in [0.05, 0.1) is 20.9 Å². The van der Waals surface area contributed by atoms with Crippen LogP contribution in [0.1, 0.15) is 23.5 Å². The molecule has 2 aromatic heterocycles. The Bertz CT molecular complexity index is 854. The molecule has 1 aliphatic heterocycles. The van der Waals surface area contributed by atoms with Crippen LogP contribution in [0.2, 0.25) is 0 Å². The first-order chi connectivity index (χ1) is 13.3. The predicted molar refractivity (Wildman–Crippen MR) is 109 cm³/mol. The molecule has 140 valence electrons. The molecule has 4 rings (SSSR count). The predicted octanol–water partition coefficient (Wildman–Crippen LogP) is 3.36. The summed E-state index contributed by atoms with van der Waals surface area (Å²) < 4.78 is 1.22. The van der Waals surface area contributed by atoms with Crippen molar-refractivity contribution in [3.05, 3.63) is 59.4 Å². The lowest BCUT2D eigenvalue weighted by atomic mass is 10.2. The first-order valence-electron chi connectivity index (χ1n) is 9.52. The van der Waals surface area contributed by atoms with Crippen molar-refractivity contribution in [2.75, 3.05) is 26.2 Å². The molecule has 0 N–H and O–H groups in total. The Labute approximate surface area is 163 Å². The third kappa shape index (κ3) is 4.70. The van der Waals surface area contributed by atoms with Crippen LogP contribution in [-0.4, -0.2) is 51.9 Å². The molecule has 0 atom stereocenters. The van der Waals surface area contributed by atoms with Gasteiger partial charge in [0.15, 0.2) is 0 Å². The molecule has 1 aromatic carbocycles. The molecule has 27 heavy (non-hydrogen) atoms. The summed E-state index contributed by atoms with van der Waals surface area (Å²) in [6.45, 7) is 4.32. The second-order valence-corrected chi connectivity index (χ2v) is 8.02. The highest BCUT2D eigenvalue weighted by Crippen LogP contribution is 2.22. The molecule has 5 nitrogen and oxygen atoms in total. The molecule has 3 aromatic rings. The smallest absolute Gasteiger partial charge is 0.222 e. The molecule has 0 bridgehead atoms. The number of hydrogen-bond acceptors (Lipinski definition) is 5. The van der Waals surface area contributed by atoms with Gasteiger partial charge < -0.3 is 4.90 Å². The zero-order chi connectivity index (χ0) is 18.5. The van der Waals surface area contributed by atoms with E-state index >= 15 is 0 Å². The second-order valence-electron chi connectivity index (χ2n) is 6.91. The van der Waals surface area contributed by atoms with Gasteiger partial charge in [-0.05, 0) is 37.1 Å². The maximum atomic E-state index is 12.5. The fourth-order valence-electron chi connectivity index (χ4n) is 3.45. The van der Waals surface area contributed by atoms with Crippen LogP contribution in [0, 0.1) is 0 Å². The number of rotatable bonds is 6. The van der Waals surface area contributed by atoms with E-state index in [1.165, 1.54) is 4.70 Å². The number of benzene rings is 1. The summed E-state index contributed by atoms with van der Waals surface area (Å²) in [5.41, 5.74) is 2.15. The lowest BCUT2D eigenvalue weighted by Crippen LogP contribution is -2.48. The summed E-state index contributed by atoms with van der Waals surface area (Å²) >= 11 is 1.74. The average Bonchev–Trinajstić information content (AvgIpc) is 3.12. The fourth-order valence-corrected chi connectivity index (χ4v) is 4.46. The maximum Gasteiger partial charge on any atom is 0.222 e. The Morgan fingerprint density at radius 1 is 1.04 bits per heavy atom. The Hall–Kier alpha value is -2.31. The number of aryl methyl sites for hydroxylation is 1. The normalized spacial score (nSPS) is 15.3. The van der Waals surface area contributed by atoms with Crippen molar-refractivity contribution in [3.8, 4) is 0 Å². The van der Waals surface area contributed by atoms with Gasteiger partial charge in [0, 0.05) is 45.3 Å². The first kappa shape index (κ1) is 18.1. The molecule has 1 fully saturated rings. The lowest BCUT2D eigenvalue weighted by Gasteiger charge is -2.34. The third-order valence-electron chi connectivity index (χ3n) is 4.96. The van der Waals surface area contributed by atoms with E-state index in [4.69, 9.17) is 0 Å². The Kier molecular flexibility index (Phi) is 5.75. The molecule has 0 unspecified atom stereocenters. The van der Waals surface area contributed by atoms with Crippen molar-refractivity contribution in [2.45, 2.75) is 25.8 Å². The van der Waals surface area contributed by atoms with Crippen LogP contribution in [0.15, 0.2) is 48.7 Å².